The molecule has 3 rings (SSSR count). The fraction of sp³-hybridized carbons (Fsp3) is 0.111. The van der Waals surface area contributed by atoms with E-state index < -0.39 is 5.91 Å². The summed E-state index contributed by atoms with van der Waals surface area (Å²) < 4.78 is 1.51. The van der Waals surface area contributed by atoms with Crippen molar-refractivity contribution in [1.29, 1.82) is 0 Å². The van der Waals surface area contributed by atoms with Gasteiger partial charge < -0.3 is 10.4 Å². The van der Waals surface area contributed by atoms with Gasteiger partial charge in [0.25, 0.3) is 11.8 Å². The fourth-order valence-corrected chi connectivity index (χ4v) is 3.05. The highest BCUT2D eigenvalue weighted by Gasteiger charge is 2.16. The standard InChI is InChI=1S/C18H14N4O3S/c1-2-9-22-13-7-4-3-6-12(13)16(18(22)25)21-20-15(23)11-19-17(24)14-8-5-10-26-14/h1,3-8,10,25H,9,11H2,(H,19,24). The van der Waals surface area contributed by atoms with Crippen LogP contribution in [0.3, 0.4) is 0 Å². The third-order valence-corrected chi connectivity index (χ3v) is 4.44. The van der Waals surface area contributed by atoms with E-state index in [1.807, 2.05) is 0 Å². The third kappa shape index (κ3) is 3.48. The summed E-state index contributed by atoms with van der Waals surface area (Å²) in [6, 6.07) is 10.5. The number of carbonyl (C=O) groups excluding carboxylic acids is 2. The number of azo groups is 1. The molecule has 130 valence electrons. The van der Waals surface area contributed by atoms with E-state index in [4.69, 9.17) is 6.42 Å². The van der Waals surface area contributed by atoms with E-state index in [0.29, 0.717) is 15.8 Å². The molecule has 0 spiro atoms. The van der Waals surface area contributed by atoms with Gasteiger partial charge in [-0.2, -0.15) is 0 Å². The maximum atomic E-state index is 11.9. The molecule has 0 saturated carbocycles. The second kappa shape index (κ2) is 7.63. The number of nitrogens with one attached hydrogen (secondary N) is 1. The first kappa shape index (κ1) is 17.4. The number of hydrogen-bond acceptors (Lipinski definition) is 5. The van der Waals surface area contributed by atoms with E-state index >= 15 is 0 Å². The van der Waals surface area contributed by atoms with Crippen LogP contribution in [0.5, 0.6) is 5.88 Å². The van der Waals surface area contributed by atoms with Crippen LogP contribution in [0.2, 0.25) is 0 Å². The Kier molecular flexibility index (Phi) is 5.10. The lowest BCUT2D eigenvalue weighted by molar-refractivity contribution is -0.117. The molecule has 8 heteroatoms. The van der Waals surface area contributed by atoms with E-state index in [1.165, 1.54) is 15.9 Å². The van der Waals surface area contributed by atoms with Crippen molar-refractivity contribution in [2.75, 3.05) is 6.54 Å². The predicted octanol–water partition coefficient (Wildman–Crippen LogP) is 3.08. The van der Waals surface area contributed by atoms with Crippen molar-refractivity contribution in [1.82, 2.24) is 9.88 Å². The van der Waals surface area contributed by atoms with Gasteiger partial charge in [0, 0.05) is 5.39 Å². The van der Waals surface area contributed by atoms with Gasteiger partial charge in [-0.05, 0) is 17.5 Å². The Balaban J connectivity index is 1.76. The zero-order valence-electron chi connectivity index (χ0n) is 13.5. The largest absolute Gasteiger partial charge is 0.493 e. The molecular weight excluding hydrogens is 352 g/mol. The monoisotopic (exact) mass is 366 g/mol. The molecule has 2 N–H and O–H groups in total. The van der Waals surface area contributed by atoms with Gasteiger partial charge in [0.1, 0.15) is 6.54 Å². The molecule has 0 saturated heterocycles. The van der Waals surface area contributed by atoms with Crippen LogP contribution in [0.4, 0.5) is 5.69 Å². The Hall–Kier alpha value is -3.44. The zero-order valence-corrected chi connectivity index (χ0v) is 14.4. The van der Waals surface area contributed by atoms with Gasteiger partial charge in [0.2, 0.25) is 5.88 Å². The SMILES string of the molecule is C#CCn1c(O)c(N=NC(=O)CNC(=O)c2cccs2)c2ccccc21. The van der Waals surface area contributed by atoms with Crippen LogP contribution in [0.1, 0.15) is 9.67 Å². The minimum atomic E-state index is -0.636. The number of carbonyl (C=O) groups is 2. The Morgan fingerprint density at radius 2 is 2.08 bits per heavy atom. The minimum Gasteiger partial charge on any atom is -0.493 e. The molecule has 2 amide bonds. The summed E-state index contributed by atoms with van der Waals surface area (Å²) in [5.74, 6) is 1.31. The molecule has 0 aliphatic carbocycles. The van der Waals surface area contributed by atoms with Crippen molar-refractivity contribution in [2.24, 2.45) is 10.2 Å². The molecule has 0 bridgehead atoms. The Morgan fingerprint density at radius 3 is 2.81 bits per heavy atom. The number of aromatic nitrogens is 1. The van der Waals surface area contributed by atoms with Crippen molar-refractivity contribution in [3.8, 4) is 18.2 Å². The number of rotatable bonds is 5. The second-order valence-corrected chi connectivity index (χ2v) is 6.18. The van der Waals surface area contributed by atoms with Gasteiger partial charge in [-0.3, -0.25) is 14.2 Å². The average Bonchev–Trinajstić information content (AvgIpc) is 3.27. The Labute approximate surface area is 153 Å². The molecule has 0 aliphatic rings. The number of para-hydroxylation sites is 1. The summed E-state index contributed by atoms with van der Waals surface area (Å²) in [4.78, 5) is 24.2. The highest BCUT2D eigenvalue weighted by molar-refractivity contribution is 7.12. The van der Waals surface area contributed by atoms with Crippen molar-refractivity contribution < 1.29 is 14.7 Å². The van der Waals surface area contributed by atoms with Crippen LogP contribution in [0.25, 0.3) is 10.9 Å². The first-order valence-electron chi connectivity index (χ1n) is 7.61. The molecule has 2 heterocycles. The molecule has 0 radical (unpaired) electrons. The molecule has 0 unspecified atom stereocenters. The Bertz CT molecular complexity index is 1030. The summed E-state index contributed by atoms with van der Waals surface area (Å²) in [6.45, 7) is -0.128. The summed E-state index contributed by atoms with van der Waals surface area (Å²) in [5.41, 5.74) is 0.851. The van der Waals surface area contributed by atoms with Crippen LogP contribution in [-0.2, 0) is 11.3 Å². The van der Waals surface area contributed by atoms with Crippen LogP contribution in [0, 0.1) is 12.3 Å². The van der Waals surface area contributed by atoms with Crippen LogP contribution < -0.4 is 5.32 Å². The maximum Gasteiger partial charge on any atom is 0.283 e. The number of amides is 2. The number of terminal acetylenes is 1. The molecule has 26 heavy (non-hydrogen) atoms. The van der Waals surface area contributed by atoms with Gasteiger partial charge in [-0.25, -0.2) is 0 Å². The Morgan fingerprint density at radius 1 is 1.27 bits per heavy atom. The summed E-state index contributed by atoms with van der Waals surface area (Å²) >= 11 is 1.27. The highest BCUT2D eigenvalue weighted by Crippen LogP contribution is 2.38. The van der Waals surface area contributed by atoms with Crippen molar-refractivity contribution >= 4 is 39.7 Å². The summed E-state index contributed by atoms with van der Waals surface area (Å²) in [5, 5.41) is 22.6. The normalized spacial score (nSPS) is 10.9. The highest BCUT2D eigenvalue weighted by atomic mass is 32.1. The van der Waals surface area contributed by atoms with Gasteiger partial charge in [0.15, 0.2) is 5.69 Å². The number of nitrogens with zero attached hydrogens (tertiary/aromatic N) is 3. The maximum absolute atomic E-state index is 11.9. The number of aromatic hydroxyl groups is 1. The lowest BCUT2D eigenvalue weighted by Crippen LogP contribution is -2.27. The molecule has 3 aromatic rings. The molecule has 7 nitrogen and oxygen atoms in total. The minimum absolute atomic E-state index is 0.159. The van der Waals surface area contributed by atoms with Crippen LogP contribution >= 0.6 is 11.3 Å². The van der Waals surface area contributed by atoms with E-state index in [2.05, 4.69) is 21.5 Å². The average molecular weight is 366 g/mol. The molecular formula is C18H14N4O3S. The van der Waals surface area contributed by atoms with Gasteiger partial charge in [-0.15, -0.1) is 28.0 Å². The summed E-state index contributed by atoms with van der Waals surface area (Å²) in [6.07, 6.45) is 5.33. The predicted molar refractivity (Wildman–Crippen MR) is 98.6 cm³/mol. The number of fused-ring (bicyclic) bond motifs is 1. The first-order valence-corrected chi connectivity index (χ1v) is 8.49. The number of benzene rings is 1. The van der Waals surface area contributed by atoms with E-state index in [-0.39, 0.29) is 30.6 Å². The quantitative estimate of drug-likeness (QED) is 0.536. The molecule has 0 atom stereocenters. The molecule has 0 aliphatic heterocycles. The first-order chi connectivity index (χ1) is 12.6. The van der Waals surface area contributed by atoms with Crippen molar-refractivity contribution in [2.45, 2.75) is 6.54 Å². The lowest BCUT2D eigenvalue weighted by atomic mass is 10.2. The summed E-state index contributed by atoms with van der Waals surface area (Å²) in [7, 11) is 0. The van der Waals surface area contributed by atoms with E-state index in [1.54, 1.807) is 41.8 Å². The number of hydrogen-bond donors (Lipinski definition) is 2. The lowest BCUT2D eigenvalue weighted by Gasteiger charge is -2.00. The van der Waals surface area contributed by atoms with Gasteiger partial charge in [-0.1, -0.05) is 30.2 Å². The van der Waals surface area contributed by atoms with Gasteiger partial charge in [0.05, 0.1) is 16.9 Å². The smallest absolute Gasteiger partial charge is 0.283 e. The topological polar surface area (TPSA) is 96.0 Å². The fourth-order valence-electron chi connectivity index (χ4n) is 2.41. The molecule has 2 aromatic heterocycles. The second-order valence-electron chi connectivity index (χ2n) is 5.23. The molecule has 0 fully saturated rings. The zero-order chi connectivity index (χ0) is 18.5. The van der Waals surface area contributed by atoms with Gasteiger partial charge >= 0.3 is 0 Å². The number of thiophene rings is 1. The third-order valence-electron chi connectivity index (χ3n) is 3.57. The van der Waals surface area contributed by atoms with Crippen molar-refractivity contribution in [3.63, 3.8) is 0 Å². The van der Waals surface area contributed by atoms with Crippen molar-refractivity contribution in [3.05, 3.63) is 46.7 Å². The van der Waals surface area contributed by atoms with Crippen LogP contribution in [-0.4, -0.2) is 28.0 Å². The van der Waals surface area contributed by atoms with Crippen LogP contribution in [0.15, 0.2) is 52.0 Å². The van der Waals surface area contributed by atoms with E-state index in [9.17, 15) is 14.7 Å². The molecule has 1 aromatic carbocycles. The van der Waals surface area contributed by atoms with E-state index in [0.717, 1.165) is 0 Å².